The van der Waals surface area contributed by atoms with Crippen LogP contribution in [-0.4, -0.2) is 24.6 Å². The number of aromatic nitrogens is 1. The van der Waals surface area contributed by atoms with E-state index in [1.165, 1.54) is 16.6 Å². The summed E-state index contributed by atoms with van der Waals surface area (Å²) in [5.41, 5.74) is 3.99. The molecule has 0 amide bonds. The van der Waals surface area contributed by atoms with Crippen molar-refractivity contribution >= 4 is 22.5 Å². The number of benzene rings is 1. The summed E-state index contributed by atoms with van der Waals surface area (Å²) in [6.45, 7) is 3.13. The van der Waals surface area contributed by atoms with Crippen LogP contribution in [0.2, 0.25) is 5.02 Å². The molecule has 1 saturated heterocycles. The number of H-pyrrole nitrogens is 1. The van der Waals surface area contributed by atoms with Crippen LogP contribution in [0.15, 0.2) is 18.2 Å². The molecule has 1 aromatic heterocycles. The van der Waals surface area contributed by atoms with E-state index in [0.29, 0.717) is 0 Å². The van der Waals surface area contributed by atoms with Crippen LogP contribution in [0.1, 0.15) is 17.7 Å². The van der Waals surface area contributed by atoms with Crippen LogP contribution in [0.25, 0.3) is 10.9 Å². The molecular formula is C14H16ClN3. The Morgan fingerprint density at radius 3 is 3.00 bits per heavy atom. The van der Waals surface area contributed by atoms with Gasteiger partial charge in [-0.3, -0.25) is 0 Å². The fourth-order valence-electron chi connectivity index (χ4n) is 3.48. The number of halogens is 1. The average molecular weight is 262 g/mol. The number of fused-ring (bicyclic) bond motifs is 4. The van der Waals surface area contributed by atoms with Crippen molar-refractivity contribution in [2.24, 2.45) is 0 Å². The van der Waals surface area contributed by atoms with E-state index in [0.717, 1.165) is 43.0 Å². The molecule has 3 heterocycles. The lowest BCUT2D eigenvalue weighted by atomic mass is 9.86. The summed E-state index contributed by atoms with van der Waals surface area (Å²) in [5.74, 6) is 0. The van der Waals surface area contributed by atoms with Gasteiger partial charge in [0.25, 0.3) is 0 Å². The standard InChI is InChI=1S/C14H16ClN3/c15-11-3-1-2-9-10-4-6-17-14(5-7-16-8-14)13(10)18-12(9)11/h1-3,16-18H,4-8H2. The Morgan fingerprint density at radius 2 is 2.17 bits per heavy atom. The number of para-hydroxylation sites is 1. The molecule has 2 aromatic rings. The molecule has 0 aliphatic carbocycles. The highest BCUT2D eigenvalue weighted by Gasteiger charge is 2.41. The molecule has 1 fully saturated rings. The first-order chi connectivity index (χ1) is 8.80. The molecule has 4 heteroatoms. The number of hydrogen-bond acceptors (Lipinski definition) is 2. The fourth-order valence-corrected chi connectivity index (χ4v) is 3.70. The largest absolute Gasteiger partial charge is 0.355 e. The van der Waals surface area contributed by atoms with Crippen molar-refractivity contribution in [3.8, 4) is 0 Å². The highest BCUT2D eigenvalue weighted by atomic mass is 35.5. The summed E-state index contributed by atoms with van der Waals surface area (Å²) in [5, 5.41) is 9.28. The van der Waals surface area contributed by atoms with E-state index in [1.807, 2.05) is 12.1 Å². The van der Waals surface area contributed by atoms with Crippen LogP contribution in [0.3, 0.4) is 0 Å². The fraction of sp³-hybridized carbons (Fsp3) is 0.429. The van der Waals surface area contributed by atoms with E-state index in [4.69, 9.17) is 11.6 Å². The molecule has 3 N–H and O–H groups in total. The molecule has 1 unspecified atom stereocenters. The van der Waals surface area contributed by atoms with E-state index in [2.05, 4.69) is 21.7 Å². The second kappa shape index (κ2) is 3.73. The number of aromatic amines is 1. The topological polar surface area (TPSA) is 39.9 Å². The zero-order chi connectivity index (χ0) is 12.2. The van der Waals surface area contributed by atoms with E-state index in [-0.39, 0.29) is 5.54 Å². The molecule has 1 atom stereocenters. The van der Waals surface area contributed by atoms with Gasteiger partial charge in [0.1, 0.15) is 0 Å². The Labute approximate surface area is 111 Å². The minimum Gasteiger partial charge on any atom is -0.355 e. The third-order valence-electron chi connectivity index (χ3n) is 4.36. The molecule has 1 aromatic carbocycles. The van der Waals surface area contributed by atoms with E-state index >= 15 is 0 Å². The summed E-state index contributed by atoms with van der Waals surface area (Å²) in [7, 11) is 0. The highest BCUT2D eigenvalue weighted by Crippen LogP contribution is 2.38. The zero-order valence-corrected chi connectivity index (χ0v) is 10.9. The Balaban J connectivity index is 2.01. The first-order valence-corrected chi connectivity index (χ1v) is 6.93. The smallest absolute Gasteiger partial charge is 0.0727 e. The first kappa shape index (κ1) is 10.9. The lowest BCUT2D eigenvalue weighted by molar-refractivity contribution is 0.339. The van der Waals surface area contributed by atoms with Crippen LogP contribution in [0.4, 0.5) is 0 Å². The van der Waals surface area contributed by atoms with Gasteiger partial charge in [0.2, 0.25) is 0 Å². The van der Waals surface area contributed by atoms with Crippen molar-refractivity contribution < 1.29 is 0 Å². The molecule has 1 spiro atoms. The Bertz CT molecular complexity index is 611. The summed E-state index contributed by atoms with van der Waals surface area (Å²) in [4.78, 5) is 3.58. The maximum Gasteiger partial charge on any atom is 0.0727 e. The van der Waals surface area contributed by atoms with Gasteiger partial charge in [-0.05, 0) is 31.0 Å². The van der Waals surface area contributed by atoms with Gasteiger partial charge < -0.3 is 15.6 Å². The van der Waals surface area contributed by atoms with Gasteiger partial charge in [-0.15, -0.1) is 0 Å². The summed E-state index contributed by atoms with van der Waals surface area (Å²) in [6.07, 6.45) is 2.22. The quantitative estimate of drug-likeness (QED) is 0.680. The zero-order valence-electron chi connectivity index (χ0n) is 10.1. The Kier molecular flexibility index (Phi) is 2.25. The van der Waals surface area contributed by atoms with Gasteiger partial charge in [-0.1, -0.05) is 23.7 Å². The highest BCUT2D eigenvalue weighted by molar-refractivity contribution is 6.35. The molecule has 94 valence electrons. The molecule has 18 heavy (non-hydrogen) atoms. The predicted octanol–water partition coefficient (Wildman–Crippen LogP) is 2.16. The maximum atomic E-state index is 6.30. The molecule has 2 aliphatic rings. The lowest BCUT2D eigenvalue weighted by Gasteiger charge is -2.34. The van der Waals surface area contributed by atoms with Gasteiger partial charge in [0.15, 0.2) is 0 Å². The molecule has 2 aliphatic heterocycles. The first-order valence-electron chi connectivity index (χ1n) is 6.55. The van der Waals surface area contributed by atoms with Gasteiger partial charge >= 0.3 is 0 Å². The van der Waals surface area contributed by atoms with E-state index in [1.54, 1.807) is 0 Å². The minimum atomic E-state index is 0.0932. The SMILES string of the molecule is Clc1cccc2c3c([nH]c12)C1(CCNC1)NCC3. The maximum absolute atomic E-state index is 6.30. The van der Waals surface area contributed by atoms with Gasteiger partial charge in [-0.2, -0.15) is 0 Å². The third kappa shape index (κ3) is 1.32. The van der Waals surface area contributed by atoms with E-state index in [9.17, 15) is 0 Å². The molecular weight excluding hydrogens is 246 g/mol. The van der Waals surface area contributed by atoms with Gasteiger partial charge in [0, 0.05) is 24.2 Å². The predicted molar refractivity (Wildman–Crippen MR) is 74.2 cm³/mol. The van der Waals surface area contributed by atoms with E-state index < -0.39 is 0 Å². The Hall–Kier alpha value is -1.03. The van der Waals surface area contributed by atoms with Crippen molar-refractivity contribution in [2.45, 2.75) is 18.4 Å². The normalized spacial score (nSPS) is 26.9. The number of nitrogens with one attached hydrogen (secondary N) is 3. The van der Waals surface area contributed by atoms with Crippen LogP contribution in [0, 0.1) is 0 Å². The van der Waals surface area contributed by atoms with Crippen molar-refractivity contribution in [2.75, 3.05) is 19.6 Å². The molecule has 0 saturated carbocycles. The van der Waals surface area contributed by atoms with Gasteiger partial charge in [-0.25, -0.2) is 0 Å². The second-order valence-electron chi connectivity index (χ2n) is 5.33. The van der Waals surface area contributed by atoms with Crippen LogP contribution in [-0.2, 0) is 12.0 Å². The van der Waals surface area contributed by atoms with Crippen LogP contribution >= 0.6 is 11.6 Å². The molecule has 0 bridgehead atoms. The van der Waals surface area contributed by atoms with Crippen molar-refractivity contribution in [1.82, 2.24) is 15.6 Å². The number of hydrogen-bond donors (Lipinski definition) is 3. The monoisotopic (exact) mass is 261 g/mol. The van der Waals surface area contributed by atoms with Crippen LogP contribution < -0.4 is 10.6 Å². The summed E-state index contributed by atoms with van der Waals surface area (Å²) < 4.78 is 0. The summed E-state index contributed by atoms with van der Waals surface area (Å²) >= 11 is 6.30. The number of rotatable bonds is 0. The summed E-state index contributed by atoms with van der Waals surface area (Å²) in [6, 6.07) is 6.18. The Morgan fingerprint density at radius 1 is 1.22 bits per heavy atom. The second-order valence-corrected chi connectivity index (χ2v) is 5.73. The molecule has 3 nitrogen and oxygen atoms in total. The van der Waals surface area contributed by atoms with Crippen molar-refractivity contribution in [3.63, 3.8) is 0 Å². The minimum absolute atomic E-state index is 0.0932. The lowest BCUT2D eigenvalue weighted by Crippen LogP contribution is -2.48. The molecule has 4 rings (SSSR count). The van der Waals surface area contributed by atoms with Gasteiger partial charge in [0.05, 0.1) is 16.1 Å². The third-order valence-corrected chi connectivity index (χ3v) is 4.68. The molecule has 0 radical (unpaired) electrons. The average Bonchev–Trinajstić information content (AvgIpc) is 2.97. The van der Waals surface area contributed by atoms with Crippen molar-refractivity contribution in [1.29, 1.82) is 0 Å². The van der Waals surface area contributed by atoms with Crippen LogP contribution in [0.5, 0.6) is 0 Å². The van der Waals surface area contributed by atoms with Crippen molar-refractivity contribution in [3.05, 3.63) is 34.5 Å².